The lowest BCUT2D eigenvalue weighted by molar-refractivity contribution is 0.668. The minimum atomic E-state index is 0.526. The molecule has 6 nitrogen and oxygen atoms in total. The molecule has 0 fully saturated rings. The molecule has 0 unspecified atom stereocenters. The summed E-state index contributed by atoms with van der Waals surface area (Å²) in [4.78, 5) is 16.1. The lowest BCUT2D eigenvalue weighted by Gasteiger charge is -2.15. The zero-order valence-corrected chi connectivity index (χ0v) is 40.8. The van der Waals surface area contributed by atoms with Gasteiger partial charge in [-0.25, -0.2) is 4.98 Å². The van der Waals surface area contributed by atoms with E-state index in [0.717, 1.165) is 121 Å². The van der Waals surface area contributed by atoms with Gasteiger partial charge in [0, 0.05) is 54.4 Å². The summed E-state index contributed by atoms with van der Waals surface area (Å²) < 4.78 is 14.9. The Balaban J connectivity index is 0.00000164. The minimum absolute atomic E-state index is 0.526. The van der Waals surface area contributed by atoms with Crippen molar-refractivity contribution in [3.05, 3.63) is 231 Å². The Labute approximate surface area is 426 Å². The average Bonchev–Trinajstić information content (AvgIpc) is 4.15. The van der Waals surface area contributed by atoms with Crippen LogP contribution in [0.25, 0.3) is 149 Å². The van der Waals surface area contributed by atoms with E-state index < -0.39 is 0 Å². The Morgan fingerprint density at radius 2 is 0.784 bits per heavy atom. The molecule has 0 aliphatic heterocycles. The van der Waals surface area contributed by atoms with Gasteiger partial charge in [-0.1, -0.05) is 202 Å². The van der Waals surface area contributed by atoms with Crippen LogP contribution < -0.4 is 0 Å². The standard InChI is InChI=1S/C65H38N4O2.C3H8/c1-2-15-39(16-3-1)63-66-64(45-31-33-51-49-23-8-10-29-56(49)71-59(51)38-45)68-65(67-63)69-61-46(27-14-28-54(61)60-52-25-6-4-21-47(52)48-22-5-7-26-53(48)62(60)69)44-20-13-19-42(36-44)40-17-12-18-41(35-40)43-32-34-58-55(37-43)50-24-9-11-30-57(50)70-58;1-3-2/h1-38H;3H2,1-2H3. The Morgan fingerprint density at radius 3 is 1.50 bits per heavy atom. The van der Waals surface area contributed by atoms with E-state index in [-0.39, 0.29) is 0 Å². The van der Waals surface area contributed by atoms with Crippen LogP contribution in [-0.2, 0) is 0 Å². The molecule has 0 saturated heterocycles. The fourth-order valence-electron chi connectivity index (χ4n) is 11.0. The maximum absolute atomic E-state index is 6.42. The summed E-state index contributed by atoms with van der Waals surface area (Å²) in [6.45, 7) is 4.25. The first-order valence-electron chi connectivity index (χ1n) is 25.3. The number of aromatic nitrogens is 4. The maximum atomic E-state index is 6.42. The Kier molecular flexibility index (Phi) is 10.3. The highest BCUT2D eigenvalue weighted by Gasteiger charge is 2.25. The van der Waals surface area contributed by atoms with E-state index in [2.05, 4.69) is 200 Å². The van der Waals surface area contributed by atoms with Crippen LogP contribution >= 0.6 is 0 Å². The molecule has 0 atom stereocenters. The van der Waals surface area contributed by atoms with Gasteiger partial charge >= 0.3 is 0 Å². The SMILES string of the molecule is CCC.c1ccc(-c2nc(-c3ccc4c(c3)oc3ccccc34)nc(-n3c4c(-c5cccc(-c6cccc(-c7ccc8oc9ccccc9c8c7)c6)c5)cccc4c4c5ccccc5c5ccccc5c43)n2)cc1. The number of hydrogen-bond acceptors (Lipinski definition) is 5. The Hall–Kier alpha value is -9.65. The number of nitrogens with zero attached hydrogens (tertiary/aromatic N) is 4. The number of para-hydroxylation sites is 3. The molecule has 15 aromatic rings. The Morgan fingerprint density at radius 1 is 0.311 bits per heavy atom. The van der Waals surface area contributed by atoms with E-state index in [1.807, 2.05) is 48.5 Å². The first-order chi connectivity index (χ1) is 36.6. The van der Waals surface area contributed by atoms with Gasteiger partial charge < -0.3 is 8.83 Å². The van der Waals surface area contributed by atoms with E-state index in [1.54, 1.807) is 0 Å². The fourth-order valence-corrected chi connectivity index (χ4v) is 11.0. The molecular weight excluding hydrogens is 905 g/mol. The summed E-state index contributed by atoms with van der Waals surface area (Å²) >= 11 is 0. The van der Waals surface area contributed by atoms with Gasteiger partial charge in [-0.2, -0.15) is 9.97 Å². The largest absolute Gasteiger partial charge is 0.456 e. The third kappa shape index (κ3) is 7.06. The number of rotatable bonds is 6. The summed E-state index contributed by atoms with van der Waals surface area (Å²) in [5, 5.41) is 11.3. The zero-order chi connectivity index (χ0) is 49.3. The van der Waals surface area contributed by atoms with Crippen molar-refractivity contribution in [2.75, 3.05) is 0 Å². The maximum Gasteiger partial charge on any atom is 0.238 e. The summed E-state index contributed by atoms with van der Waals surface area (Å²) in [6.07, 6.45) is 1.25. The van der Waals surface area contributed by atoms with E-state index in [9.17, 15) is 0 Å². The summed E-state index contributed by atoms with van der Waals surface area (Å²) in [5.74, 6) is 1.66. The molecule has 74 heavy (non-hydrogen) atoms. The van der Waals surface area contributed by atoms with Gasteiger partial charge in [0.25, 0.3) is 0 Å². The summed E-state index contributed by atoms with van der Waals surface area (Å²) in [7, 11) is 0. The molecule has 15 rings (SSSR count). The van der Waals surface area contributed by atoms with Crippen LogP contribution in [0.4, 0.5) is 0 Å². The molecule has 0 amide bonds. The molecule has 4 aromatic heterocycles. The first kappa shape index (κ1) is 43.2. The molecule has 4 heterocycles. The number of benzene rings is 11. The van der Waals surface area contributed by atoms with Crippen molar-refractivity contribution >= 4 is 87.2 Å². The molecule has 0 N–H and O–H groups in total. The van der Waals surface area contributed by atoms with Gasteiger partial charge in [0.15, 0.2) is 11.6 Å². The van der Waals surface area contributed by atoms with Crippen molar-refractivity contribution < 1.29 is 8.83 Å². The predicted octanol–water partition coefficient (Wildman–Crippen LogP) is 18.8. The van der Waals surface area contributed by atoms with Crippen LogP contribution in [-0.4, -0.2) is 19.5 Å². The molecule has 11 aromatic carbocycles. The smallest absolute Gasteiger partial charge is 0.238 e. The first-order valence-corrected chi connectivity index (χ1v) is 25.3. The number of fused-ring (bicyclic) bond motifs is 14. The van der Waals surface area contributed by atoms with Crippen molar-refractivity contribution in [3.63, 3.8) is 0 Å². The normalized spacial score (nSPS) is 11.7. The van der Waals surface area contributed by atoms with Gasteiger partial charge in [-0.3, -0.25) is 4.57 Å². The van der Waals surface area contributed by atoms with Crippen molar-refractivity contribution in [2.45, 2.75) is 20.3 Å². The monoisotopic (exact) mass is 950 g/mol. The van der Waals surface area contributed by atoms with Crippen LogP contribution in [0.1, 0.15) is 20.3 Å². The lowest BCUT2D eigenvalue weighted by Crippen LogP contribution is -2.07. The molecule has 0 radical (unpaired) electrons. The van der Waals surface area contributed by atoms with Gasteiger partial charge in [0.1, 0.15) is 22.3 Å². The van der Waals surface area contributed by atoms with Gasteiger partial charge in [0.05, 0.1) is 11.0 Å². The second-order valence-electron chi connectivity index (χ2n) is 19.0. The van der Waals surface area contributed by atoms with Crippen LogP contribution in [0.5, 0.6) is 0 Å². The van der Waals surface area contributed by atoms with Crippen molar-refractivity contribution in [1.82, 2.24) is 19.5 Å². The minimum Gasteiger partial charge on any atom is -0.456 e. The third-order valence-corrected chi connectivity index (χ3v) is 14.2. The number of hydrogen-bond donors (Lipinski definition) is 0. The second-order valence-corrected chi connectivity index (χ2v) is 19.0. The molecule has 350 valence electrons. The van der Waals surface area contributed by atoms with E-state index in [1.165, 1.54) is 17.2 Å². The third-order valence-electron chi connectivity index (χ3n) is 14.2. The molecule has 0 aliphatic carbocycles. The van der Waals surface area contributed by atoms with Crippen LogP contribution in [0.3, 0.4) is 0 Å². The van der Waals surface area contributed by atoms with Gasteiger partial charge in [-0.15, -0.1) is 0 Å². The van der Waals surface area contributed by atoms with Crippen LogP contribution in [0.2, 0.25) is 0 Å². The van der Waals surface area contributed by atoms with Crippen LogP contribution in [0, 0.1) is 0 Å². The average molecular weight is 951 g/mol. The molecular formula is C68H46N4O2. The molecule has 0 saturated carbocycles. The number of furan rings is 2. The quantitative estimate of drug-likeness (QED) is 0.155. The zero-order valence-electron chi connectivity index (χ0n) is 40.8. The topological polar surface area (TPSA) is 69.9 Å². The molecule has 6 heteroatoms. The highest BCUT2D eigenvalue weighted by atomic mass is 16.3. The summed E-state index contributed by atoms with van der Waals surface area (Å²) in [6, 6.07) is 81.2. The highest BCUT2D eigenvalue weighted by Crippen LogP contribution is 2.46. The lowest BCUT2D eigenvalue weighted by atomic mass is 9.94. The summed E-state index contributed by atoms with van der Waals surface area (Å²) in [5.41, 5.74) is 13.9. The predicted molar refractivity (Wildman–Crippen MR) is 307 cm³/mol. The van der Waals surface area contributed by atoms with Gasteiger partial charge in [-0.05, 0) is 92.5 Å². The van der Waals surface area contributed by atoms with Crippen LogP contribution in [0.15, 0.2) is 239 Å². The molecule has 0 aliphatic rings. The van der Waals surface area contributed by atoms with Crippen molar-refractivity contribution in [1.29, 1.82) is 0 Å². The second kappa shape index (κ2) is 17.6. The molecule has 0 bridgehead atoms. The van der Waals surface area contributed by atoms with Crippen molar-refractivity contribution in [2.24, 2.45) is 0 Å². The van der Waals surface area contributed by atoms with E-state index >= 15 is 0 Å². The molecule has 0 spiro atoms. The van der Waals surface area contributed by atoms with E-state index in [0.29, 0.717) is 17.6 Å². The van der Waals surface area contributed by atoms with E-state index in [4.69, 9.17) is 23.8 Å². The highest BCUT2D eigenvalue weighted by molar-refractivity contribution is 6.33. The van der Waals surface area contributed by atoms with Gasteiger partial charge in [0.2, 0.25) is 5.95 Å². The van der Waals surface area contributed by atoms with Crippen molar-refractivity contribution in [3.8, 4) is 62.1 Å². The fraction of sp³-hybridized carbons (Fsp3) is 0.0441. The Bertz CT molecular complexity index is 4680.